The number of benzene rings is 1. The Kier molecular flexibility index (Phi) is 4.15. The normalized spacial score (nSPS) is 34.8. The summed E-state index contributed by atoms with van der Waals surface area (Å²) < 4.78 is 28.5. The number of aliphatic carboxylic acids is 1. The van der Waals surface area contributed by atoms with Crippen molar-refractivity contribution in [2.45, 2.75) is 50.3 Å². The first-order valence-corrected chi connectivity index (χ1v) is 10.7. The molecule has 4 saturated carbocycles. The predicted molar refractivity (Wildman–Crippen MR) is 94.2 cm³/mol. The SMILES string of the molecule is O=C(O)C(C12CC3CC(CC(C3)C1)C2)S(=O)(=O)NCc1ccccc1. The molecular formula is C19H25NO4S. The van der Waals surface area contributed by atoms with Crippen LogP contribution in [0.1, 0.15) is 44.1 Å². The second-order valence-corrected chi connectivity index (χ2v) is 10.2. The van der Waals surface area contributed by atoms with Crippen molar-refractivity contribution >= 4 is 16.0 Å². The molecule has 5 rings (SSSR count). The molecule has 4 aliphatic rings. The highest BCUT2D eigenvalue weighted by Crippen LogP contribution is 2.62. The molecule has 1 aromatic rings. The van der Waals surface area contributed by atoms with Gasteiger partial charge >= 0.3 is 5.97 Å². The summed E-state index contributed by atoms with van der Waals surface area (Å²) in [6.07, 6.45) is 5.72. The standard InChI is InChI=1S/C19H25NO4S/c21-18(22)17(25(23,24)20-12-13-4-2-1-3-5-13)19-9-14-6-15(10-19)8-16(7-14)11-19/h1-5,14-17,20H,6-12H2,(H,21,22). The molecule has 6 heteroatoms. The van der Waals surface area contributed by atoms with Crippen LogP contribution >= 0.6 is 0 Å². The molecule has 1 atom stereocenters. The van der Waals surface area contributed by atoms with E-state index in [0.717, 1.165) is 44.1 Å². The van der Waals surface area contributed by atoms with Crippen molar-refractivity contribution < 1.29 is 18.3 Å². The molecule has 0 aliphatic heterocycles. The van der Waals surface area contributed by atoms with Gasteiger partial charge in [-0.15, -0.1) is 0 Å². The molecule has 4 aliphatic carbocycles. The van der Waals surface area contributed by atoms with Gasteiger partial charge in [0, 0.05) is 12.0 Å². The molecule has 136 valence electrons. The highest BCUT2D eigenvalue weighted by atomic mass is 32.2. The molecule has 0 radical (unpaired) electrons. The number of carbonyl (C=O) groups is 1. The van der Waals surface area contributed by atoms with Gasteiger partial charge < -0.3 is 5.11 Å². The third kappa shape index (κ3) is 3.10. The molecular weight excluding hydrogens is 338 g/mol. The van der Waals surface area contributed by atoms with E-state index in [2.05, 4.69) is 4.72 Å². The van der Waals surface area contributed by atoms with Crippen molar-refractivity contribution in [2.24, 2.45) is 23.2 Å². The van der Waals surface area contributed by atoms with Crippen LogP contribution in [0.3, 0.4) is 0 Å². The number of rotatable bonds is 6. The first-order chi connectivity index (χ1) is 11.9. The molecule has 0 heterocycles. The fraction of sp³-hybridized carbons (Fsp3) is 0.632. The highest BCUT2D eigenvalue weighted by molar-refractivity contribution is 7.90. The van der Waals surface area contributed by atoms with Crippen LogP contribution in [0.15, 0.2) is 30.3 Å². The van der Waals surface area contributed by atoms with Crippen molar-refractivity contribution in [3.05, 3.63) is 35.9 Å². The summed E-state index contributed by atoms with van der Waals surface area (Å²) in [5, 5.41) is 8.51. The smallest absolute Gasteiger partial charge is 0.323 e. The lowest BCUT2D eigenvalue weighted by Crippen LogP contribution is -2.58. The Morgan fingerprint density at radius 3 is 2.08 bits per heavy atom. The van der Waals surface area contributed by atoms with Crippen LogP contribution in [-0.2, 0) is 21.4 Å². The summed E-state index contributed by atoms with van der Waals surface area (Å²) >= 11 is 0. The van der Waals surface area contributed by atoms with E-state index in [1.165, 1.54) is 0 Å². The monoisotopic (exact) mass is 363 g/mol. The summed E-state index contributed by atoms with van der Waals surface area (Å²) in [6.45, 7) is 0.138. The minimum Gasteiger partial charge on any atom is -0.480 e. The van der Waals surface area contributed by atoms with Crippen molar-refractivity contribution in [3.8, 4) is 0 Å². The Labute approximate surface area is 148 Å². The molecule has 1 unspecified atom stereocenters. The van der Waals surface area contributed by atoms with Gasteiger partial charge in [-0.2, -0.15) is 0 Å². The zero-order valence-corrected chi connectivity index (χ0v) is 15.0. The van der Waals surface area contributed by atoms with Gasteiger partial charge in [-0.1, -0.05) is 30.3 Å². The third-order valence-corrected chi connectivity index (χ3v) is 8.37. The number of sulfonamides is 1. The predicted octanol–water partition coefficient (Wildman–Crippen LogP) is 2.78. The minimum atomic E-state index is -3.93. The van der Waals surface area contributed by atoms with E-state index in [1.54, 1.807) is 0 Å². The van der Waals surface area contributed by atoms with Gasteiger partial charge in [0.1, 0.15) is 0 Å². The largest absolute Gasteiger partial charge is 0.480 e. The zero-order valence-electron chi connectivity index (χ0n) is 14.2. The summed E-state index contributed by atoms with van der Waals surface area (Å²) in [4.78, 5) is 12.1. The Balaban J connectivity index is 1.59. The van der Waals surface area contributed by atoms with Crippen LogP contribution in [-0.4, -0.2) is 24.7 Å². The second-order valence-electron chi connectivity index (χ2n) is 8.35. The second kappa shape index (κ2) is 6.09. The average Bonchev–Trinajstić information content (AvgIpc) is 2.51. The molecule has 25 heavy (non-hydrogen) atoms. The summed E-state index contributed by atoms with van der Waals surface area (Å²) in [7, 11) is -3.93. The molecule has 0 aromatic heterocycles. The van der Waals surface area contributed by atoms with Gasteiger partial charge in [-0.05, 0) is 61.8 Å². The fourth-order valence-electron chi connectivity index (χ4n) is 6.09. The molecule has 5 nitrogen and oxygen atoms in total. The van der Waals surface area contributed by atoms with Crippen LogP contribution in [0.2, 0.25) is 0 Å². The lowest BCUT2D eigenvalue weighted by molar-refractivity contribution is -0.144. The zero-order chi connectivity index (χ0) is 17.7. The van der Waals surface area contributed by atoms with E-state index in [-0.39, 0.29) is 6.54 Å². The van der Waals surface area contributed by atoms with E-state index < -0.39 is 26.7 Å². The quantitative estimate of drug-likeness (QED) is 0.814. The van der Waals surface area contributed by atoms with E-state index in [0.29, 0.717) is 17.8 Å². The van der Waals surface area contributed by atoms with Crippen LogP contribution in [0, 0.1) is 23.2 Å². The molecule has 4 fully saturated rings. The number of nitrogens with one attached hydrogen (secondary N) is 1. The highest BCUT2D eigenvalue weighted by Gasteiger charge is 2.59. The molecule has 2 N–H and O–H groups in total. The van der Waals surface area contributed by atoms with Gasteiger partial charge in [0.25, 0.3) is 0 Å². The van der Waals surface area contributed by atoms with Crippen molar-refractivity contribution in [1.29, 1.82) is 0 Å². The van der Waals surface area contributed by atoms with Crippen molar-refractivity contribution in [1.82, 2.24) is 4.72 Å². The Morgan fingerprint density at radius 2 is 1.60 bits per heavy atom. The van der Waals surface area contributed by atoms with Crippen LogP contribution in [0.25, 0.3) is 0 Å². The van der Waals surface area contributed by atoms with E-state index in [9.17, 15) is 18.3 Å². The number of carboxylic acid groups (broad SMARTS) is 1. The third-order valence-electron chi connectivity index (χ3n) is 6.50. The van der Waals surface area contributed by atoms with Gasteiger partial charge in [-0.3, -0.25) is 4.79 Å². The molecule has 0 saturated heterocycles. The van der Waals surface area contributed by atoms with Crippen molar-refractivity contribution in [2.75, 3.05) is 0 Å². The summed E-state index contributed by atoms with van der Waals surface area (Å²) in [5.41, 5.74) is 0.254. The maximum Gasteiger partial charge on any atom is 0.323 e. The summed E-state index contributed by atoms with van der Waals surface area (Å²) in [6, 6.07) is 9.23. The van der Waals surface area contributed by atoms with Gasteiger partial charge in [0.15, 0.2) is 5.25 Å². The Morgan fingerprint density at radius 1 is 1.08 bits per heavy atom. The Hall–Kier alpha value is -1.40. The first kappa shape index (κ1) is 17.0. The minimum absolute atomic E-state index is 0.138. The maximum absolute atomic E-state index is 13.0. The van der Waals surface area contributed by atoms with E-state index in [1.807, 2.05) is 30.3 Å². The van der Waals surface area contributed by atoms with Crippen LogP contribution in [0.5, 0.6) is 0 Å². The van der Waals surface area contributed by atoms with Gasteiger partial charge in [0.2, 0.25) is 10.0 Å². The number of hydrogen-bond donors (Lipinski definition) is 2. The van der Waals surface area contributed by atoms with E-state index in [4.69, 9.17) is 0 Å². The number of carboxylic acids is 1. The molecule has 0 spiro atoms. The van der Waals surface area contributed by atoms with Gasteiger partial charge in [0.05, 0.1) is 0 Å². The van der Waals surface area contributed by atoms with E-state index >= 15 is 0 Å². The number of hydrogen-bond acceptors (Lipinski definition) is 3. The average molecular weight is 363 g/mol. The summed E-state index contributed by atoms with van der Waals surface area (Å²) in [5.74, 6) is 0.342. The van der Waals surface area contributed by atoms with Crippen LogP contribution < -0.4 is 4.72 Å². The maximum atomic E-state index is 13.0. The topological polar surface area (TPSA) is 83.5 Å². The molecule has 1 aromatic carbocycles. The first-order valence-electron chi connectivity index (χ1n) is 9.13. The lowest BCUT2D eigenvalue weighted by atomic mass is 9.48. The fourth-order valence-corrected chi connectivity index (χ4v) is 7.83. The molecule has 4 bridgehead atoms. The van der Waals surface area contributed by atoms with Crippen LogP contribution in [0.4, 0.5) is 0 Å². The van der Waals surface area contributed by atoms with Gasteiger partial charge in [-0.25, -0.2) is 13.1 Å². The molecule has 0 amide bonds. The Bertz CT molecular complexity index is 724. The lowest BCUT2D eigenvalue weighted by Gasteiger charge is -2.58. The van der Waals surface area contributed by atoms with Crippen molar-refractivity contribution in [3.63, 3.8) is 0 Å².